The third kappa shape index (κ3) is 6.70. The topological polar surface area (TPSA) is 69.6 Å². The normalized spacial score (nSPS) is 12.2. The summed E-state index contributed by atoms with van der Waals surface area (Å²) in [4.78, 5) is 27.5. The Balaban J connectivity index is 1.74. The minimum absolute atomic E-state index is 0.262. The lowest BCUT2D eigenvalue weighted by Crippen LogP contribution is -2.54. The van der Waals surface area contributed by atoms with Crippen LogP contribution in [0.1, 0.15) is 35.2 Å². The van der Waals surface area contributed by atoms with Crippen molar-refractivity contribution in [3.63, 3.8) is 0 Å². The highest BCUT2D eigenvalue weighted by molar-refractivity contribution is 6.31. The van der Waals surface area contributed by atoms with Crippen LogP contribution >= 0.6 is 34.8 Å². The molecule has 8 heteroatoms. The number of nitrogens with zero attached hydrogens (tertiary/aromatic N) is 1. The zero-order valence-corrected chi connectivity index (χ0v) is 23.2. The first-order valence-electron chi connectivity index (χ1n) is 12.1. The lowest BCUT2D eigenvalue weighted by Gasteiger charge is -2.34. The monoisotopic (exact) mass is 578 g/mol. The third-order valence-electron chi connectivity index (χ3n) is 6.27. The van der Waals surface area contributed by atoms with Crippen LogP contribution in [0.15, 0.2) is 109 Å². The number of amides is 2. The van der Waals surface area contributed by atoms with Gasteiger partial charge in [0.05, 0.1) is 6.04 Å². The van der Waals surface area contributed by atoms with E-state index < -0.39 is 23.5 Å². The van der Waals surface area contributed by atoms with Crippen LogP contribution in [0.3, 0.4) is 0 Å². The summed E-state index contributed by atoms with van der Waals surface area (Å²) in [5.74, 6) is -1.33. The highest BCUT2D eigenvalue weighted by Crippen LogP contribution is 2.33. The molecule has 1 atom stereocenters. The lowest BCUT2D eigenvalue weighted by molar-refractivity contribution is -0.150. The summed E-state index contributed by atoms with van der Waals surface area (Å²) in [6.07, 6.45) is 3.02. The first kappa shape index (κ1) is 28.4. The number of carbonyl (C=O) groups excluding carboxylic acids is 2. The molecule has 0 heterocycles. The summed E-state index contributed by atoms with van der Waals surface area (Å²) >= 11 is 18.2. The van der Waals surface area contributed by atoms with E-state index >= 15 is 0 Å². The van der Waals surface area contributed by atoms with E-state index in [1.165, 1.54) is 11.1 Å². The van der Waals surface area contributed by atoms with Crippen molar-refractivity contribution in [3.05, 3.63) is 147 Å². The van der Waals surface area contributed by atoms with Gasteiger partial charge < -0.3 is 5.11 Å². The smallest absolute Gasteiger partial charge is 0.279 e. The molecule has 0 spiro atoms. The van der Waals surface area contributed by atoms with E-state index in [4.69, 9.17) is 34.8 Å². The molecule has 4 aromatic rings. The van der Waals surface area contributed by atoms with Crippen molar-refractivity contribution in [2.45, 2.75) is 18.6 Å². The van der Waals surface area contributed by atoms with Gasteiger partial charge in [-0.15, -0.1) is 0 Å². The maximum absolute atomic E-state index is 13.9. The molecule has 0 aliphatic carbocycles. The summed E-state index contributed by atoms with van der Waals surface area (Å²) < 4.78 is 0. The van der Waals surface area contributed by atoms with Gasteiger partial charge in [-0.1, -0.05) is 102 Å². The number of hydrogen-bond acceptors (Lipinski definition) is 3. The quantitative estimate of drug-likeness (QED) is 0.179. The number of hydrogen-bond donors (Lipinski definition) is 2. The number of nitrogens with one attached hydrogen (secondary N) is 1. The van der Waals surface area contributed by atoms with Crippen LogP contribution in [0.4, 0.5) is 0 Å². The molecule has 0 aliphatic rings. The fourth-order valence-electron chi connectivity index (χ4n) is 4.05. The third-order valence-corrected chi connectivity index (χ3v) is 7.03. The Labute approximate surface area is 242 Å². The number of carbonyl (C=O) groups is 2. The van der Waals surface area contributed by atoms with Gasteiger partial charge in [0.2, 0.25) is 0 Å². The Kier molecular flexibility index (Phi) is 9.10. The molecule has 4 aromatic carbocycles. The summed E-state index contributed by atoms with van der Waals surface area (Å²) in [7, 11) is 0. The predicted octanol–water partition coefficient (Wildman–Crippen LogP) is 7.22. The van der Waals surface area contributed by atoms with Crippen LogP contribution in [0.5, 0.6) is 0 Å². The Morgan fingerprint density at radius 2 is 1.23 bits per heavy atom. The molecule has 2 N–H and O–H groups in total. The van der Waals surface area contributed by atoms with E-state index in [2.05, 4.69) is 5.43 Å². The molecule has 5 nitrogen and oxygen atoms in total. The molecular formula is C31H25Cl3N2O3. The van der Waals surface area contributed by atoms with Crippen molar-refractivity contribution in [2.24, 2.45) is 0 Å². The zero-order chi connectivity index (χ0) is 28.0. The second-order valence-electron chi connectivity index (χ2n) is 8.84. The van der Waals surface area contributed by atoms with Gasteiger partial charge in [0, 0.05) is 21.1 Å². The second-order valence-corrected chi connectivity index (χ2v) is 10.2. The molecule has 4 rings (SSSR count). The summed E-state index contributed by atoms with van der Waals surface area (Å²) in [5, 5.41) is 14.6. The van der Waals surface area contributed by atoms with Gasteiger partial charge in [0.25, 0.3) is 11.8 Å². The Bertz CT molecular complexity index is 1410. The van der Waals surface area contributed by atoms with E-state index in [1.807, 2.05) is 30.3 Å². The van der Waals surface area contributed by atoms with Crippen molar-refractivity contribution in [1.29, 1.82) is 0 Å². The Hall–Kier alpha value is -3.61. The predicted molar refractivity (Wildman–Crippen MR) is 156 cm³/mol. The van der Waals surface area contributed by atoms with Crippen molar-refractivity contribution in [3.8, 4) is 0 Å². The molecular weight excluding hydrogens is 555 g/mol. The van der Waals surface area contributed by atoms with Crippen LogP contribution < -0.4 is 5.43 Å². The minimum Gasteiger partial charge on any atom is -0.372 e. The van der Waals surface area contributed by atoms with E-state index in [0.29, 0.717) is 15.1 Å². The molecule has 0 saturated carbocycles. The largest absolute Gasteiger partial charge is 0.372 e. The van der Waals surface area contributed by atoms with Crippen molar-refractivity contribution >= 4 is 52.7 Å². The fraction of sp³-hybridized carbons (Fsp3) is 0.0968. The first-order valence-corrected chi connectivity index (χ1v) is 13.2. The molecule has 0 aliphatic heterocycles. The highest BCUT2D eigenvalue weighted by Gasteiger charge is 2.42. The van der Waals surface area contributed by atoms with Gasteiger partial charge in [0.1, 0.15) is 0 Å². The molecule has 198 valence electrons. The molecule has 1 unspecified atom stereocenters. The molecule has 0 bridgehead atoms. The van der Waals surface area contributed by atoms with Crippen LogP contribution in [-0.4, -0.2) is 21.9 Å². The Morgan fingerprint density at radius 1 is 0.769 bits per heavy atom. The fourth-order valence-corrected chi connectivity index (χ4v) is 4.42. The van der Waals surface area contributed by atoms with Crippen LogP contribution in [0, 0.1) is 0 Å². The lowest BCUT2D eigenvalue weighted by atomic mass is 9.85. The van der Waals surface area contributed by atoms with Gasteiger partial charge >= 0.3 is 0 Å². The molecule has 0 aromatic heterocycles. The van der Waals surface area contributed by atoms with E-state index in [-0.39, 0.29) is 11.1 Å². The average Bonchev–Trinajstić information content (AvgIpc) is 2.95. The standard InChI is InChI=1S/C31H25Cl3N2O3/c1-21(23-8-14-26(32)15-9-23)36(29(37)20-7-22-5-3-2-4-6-22)35-30(38)31(39,24-10-16-27(33)17-11-24)25-12-18-28(34)19-13-25/h2-21,39H,1H3,(H,35,38). The highest BCUT2D eigenvalue weighted by atomic mass is 35.5. The molecule has 0 fully saturated rings. The van der Waals surface area contributed by atoms with Crippen molar-refractivity contribution in [2.75, 3.05) is 0 Å². The maximum atomic E-state index is 13.9. The summed E-state index contributed by atoms with van der Waals surface area (Å²) in [6, 6.07) is 28.2. The van der Waals surface area contributed by atoms with E-state index in [0.717, 1.165) is 11.1 Å². The number of aliphatic hydroxyl groups is 1. The van der Waals surface area contributed by atoms with Gasteiger partial charge in [0.15, 0.2) is 5.60 Å². The van der Waals surface area contributed by atoms with Crippen molar-refractivity contribution in [1.82, 2.24) is 10.4 Å². The van der Waals surface area contributed by atoms with E-state index in [1.54, 1.807) is 85.8 Å². The van der Waals surface area contributed by atoms with Crippen LogP contribution in [0.25, 0.3) is 6.08 Å². The molecule has 0 radical (unpaired) electrons. The summed E-state index contributed by atoms with van der Waals surface area (Å²) in [5.41, 5.74) is 2.57. The number of halogens is 3. The van der Waals surface area contributed by atoms with Gasteiger partial charge in [-0.25, -0.2) is 5.01 Å². The number of rotatable bonds is 7. The van der Waals surface area contributed by atoms with Crippen LogP contribution in [0.2, 0.25) is 15.1 Å². The SMILES string of the molecule is CC(c1ccc(Cl)cc1)N(NC(=O)C(O)(c1ccc(Cl)cc1)c1ccc(Cl)cc1)C(=O)C=Cc1ccccc1. The van der Waals surface area contributed by atoms with Gasteiger partial charge in [-0.05, 0) is 71.7 Å². The zero-order valence-electron chi connectivity index (χ0n) is 20.9. The van der Waals surface area contributed by atoms with Gasteiger partial charge in [-0.3, -0.25) is 15.0 Å². The molecule has 2 amide bonds. The number of hydrazine groups is 1. The maximum Gasteiger partial charge on any atom is 0.279 e. The Morgan fingerprint density at radius 3 is 1.72 bits per heavy atom. The van der Waals surface area contributed by atoms with Crippen molar-refractivity contribution < 1.29 is 14.7 Å². The average molecular weight is 580 g/mol. The number of benzene rings is 4. The second kappa shape index (κ2) is 12.5. The van der Waals surface area contributed by atoms with E-state index in [9.17, 15) is 14.7 Å². The van der Waals surface area contributed by atoms with Crippen LogP contribution in [-0.2, 0) is 15.2 Å². The molecule has 0 saturated heterocycles. The van der Waals surface area contributed by atoms with Gasteiger partial charge in [-0.2, -0.15) is 0 Å². The first-order chi connectivity index (χ1) is 18.7. The summed E-state index contributed by atoms with van der Waals surface area (Å²) in [6.45, 7) is 1.77. The molecule has 39 heavy (non-hydrogen) atoms. The minimum atomic E-state index is -2.17.